The zero-order chi connectivity index (χ0) is 99.1. The molecule has 10 nitrogen and oxygen atoms in total. The zero-order valence-corrected chi connectivity index (χ0v) is 82.9. The van der Waals surface area contributed by atoms with Crippen molar-refractivity contribution in [3.63, 3.8) is 0 Å². The van der Waals surface area contributed by atoms with Gasteiger partial charge in [0, 0.05) is 194 Å². The van der Waals surface area contributed by atoms with Crippen molar-refractivity contribution in [2.45, 2.75) is 0 Å². The number of benzene rings is 20. The zero-order valence-electron chi connectivity index (χ0n) is 80.5. The number of furan rings is 3. The smallest absolute Gasteiger partial charge is 0.161 e. The summed E-state index contributed by atoms with van der Waals surface area (Å²) in [6.07, 6.45) is 3.69. The van der Waals surface area contributed by atoms with Crippen molar-refractivity contribution in [3.8, 4) is 168 Å². The second kappa shape index (κ2) is 37.8. The Morgan fingerprint density at radius 2 is 0.433 bits per heavy atom. The third-order valence-corrected chi connectivity index (χ3v) is 32.2. The van der Waals surface area contributed by atoms with Gasteiger partial charge in [-0.1, -0.05) is 400 Å². The minimum absolute atomic E-state index is 0.649. The van der Waals surface area contributed by atoms with E-state index in [-0.39, 0.29) is 0 Å². The van der Waals surface area contributed by atoms with Gasteiger partial charge in [0.05, 0.1) is 34.2 Å². The van der Waals surface area contributed by atoms with Crippen molar-refractivity contribution in [1.82, 2.24) is 34.9 Å². The van der Waals surface area contributed by atoms with E-state index >= 15 is 0 Å². The molecule has 0 radical (unpaired) electrons. The molecule has 150 heavy (non-hydrogen) atoms. The summed E-state index contributed by atoms with van der Waals surface area (Å²) in [5.74, 6) is 2.02. The molecule has 0 atom stereocenters. The van der Waals surface area contributed by atoms with E-state index in [1.807, 2.05) is 125 Å². The maximum atomic E-state index is 6.77. The minimum atomic E-state index is 0.649. The van der Waals surface area contributed by atoms with Crippen molar-refractivity contribution in [3.05, 3.63) is 504 Å². The summed E-state index contributed by atoms with van der Waals surface area (Å²) >= 11 is 5.50. The molecule has 0 spiro atoms. The SMILES string of the molecule is c1ccc(-c2cc(-c3cccc(-c4cccnc4)c3)nc(-c3ccc(-c4cccc5c4sc4ccccc45)c4oc5ccccc5c34)n2)cc1.c1ccc(-c2ccc(-c3cc(-c4ccc(-c5cccc6c5sc5ccccc56)c5oc6ccccc6c45)nc(-c4ccccc4)n3)cc2)cc1.c1ccc(-c2ccc(-c3nc(-c4ccccc4)cc(-c4ccc(-c5cccc6c5sc5ccccc56)c5oc6ccccc6c45)n3)cc2)cc1. The molecule has 10 aromatic heterocycles. The molecular formula is C137H83N7O3S3. The molecule has 0 unspecified atom stereocenters. The number of fused-ring (bicyclic) bond motifs is 18. The second-order valence-electron chi connectivity index (χ2n) is 37.4. The van der Waals surface area contributed by atoms with Crippen LogP contribution < -0.4 is 0 Å². The third kappa shape index (κ3) is 16.1. The van der Waals surface area contributed by atoms with Gasteiger partial charge in [0.1, 0.15) is 33.5 Å². The molecule has 0 N–H and O–H groups in total. The summed E-state index contributed by atoms with van der Waals surface area (Å²) in [6.45, 7) is 0. The van der Waals surface area contributed by atoms with Crippen LogP contribution in [-0.4, -0.2) is 34.9 Å². The Bertz CT molecular complexity index is 10100. The monoisotopic (exact) mass is 1970 g/mol. The van der Waals surface area contributed by atoms with Crippen LogP contribution in [0.2, 0.25) is 0 Å². The van der Waals surface area contributed by atoms with Gasteiger partial charge in [-0.3, -0.25) is 4.98 Å². The lowest BCUT2D eigenvalue weighted by molar-refractivity contribution is 0.669. The van der Waals surface area contributed by atoms with E-state index in [4.69, 9.17) is 43.2 Å². The Hall–Kier alpha value is -19.2. The molecule has 0 saturated heterocycles. The predicted molar refractivity (Wildman–Crippen MR) is 626 cm³/mol. The van der Waals surface area contributed by atoms with Crippen LogP contribution in [0.1, 0.15) is 0 Å². The Balaban J connectivity index is 0.000000108. The summed E-state index contributed by atoms with van der Waals surface area (Å²) in [5.41, 5.74) is 32.8. The number of para-hydroxylation sites is 3. The van der Waals surface area contributed by atoms with E-state index in [0.717, 1.165) is 189 Å². The molecule has 0 aliphatic rings. The Kier molecular flexibility index (Phi) is 22.3. The highest BCUT2D eigenvalue weighted by atomic mass is 32.1. The summed E-state index contributed by atoms with van der Waals surface area (Å²) in [5, 5.41) is 13.9. The number of aromatic nitrogens is 7. The molecule has 0 saturated carbocycles. The van der Waals surface area contributed by atoms with Gasteiger partial charge in [-0.2, -0.15) is 0 Å². The minimum Gasteiger partial charge on any atom is -0.455 e. The van der Waals surface area contributed by atoms with Gasteiger partial charge in [0.15, 0.2) is 17.5 Å². The highest BCUT2D eigenvalue weighted by Crippen LogP contribution is 2.52. The first-order valence-corrected chi connectivity index (χ1v) is 52.5. The average Bonchev–Trinajstić information content (AvgIpc) is 1.58. The first kappa shape index (κ1) is 88.5. The molecule has 20 aromatic carbocycles. The van der Waals surface area contributed by atoms with Crippen LogP contribution in [0.3, 0.4) is 0 Å². The quantitative estimate of drug-likeness (QED) is 0.0978. The van der Waals surface area contributed by atoms with Gasteiger partial charge >= 0.3 is 0 Å². The van der Waals surface area contributed by atoms with Gasteiger partial charge in [0.2, 0.25) is 0 Å². The van der Waals surface area contributed by atoms with Crippen molar-refractivity contribution in [2.24, 2.45) is 0 Å². The van der Waals surface area contributed by atoms with E-state index in [1.165, 1.54) is 88.3 Å². The number of hydrogen-bond donors (Lipinski definition) is 0. The molecule has 30 rings (SSSR count). The maximum absolute atomic E-state index is 6.77. The van der Waals surface area contributed by atoms with Gasteiger partial charge in [-0.05, 0) is 119 Å². The standard InChI is InChI=1S/2C46H28N2OS.C45H27N3OS/c1-3-12-29(13-4-1)30-22-24-31(25-23-30)39-28-40(48-46(47-39)32-14-5-2-6-15-32)37-27-26-34(44-43(37)38-17-7-9-20-41(38)49-44)36-19-11-18-35-33-16-8-10-21-42(33)50-45(35)36;1-3-12-29(13-4-1)30-22-24-32(25-23-30)46-47-39(31-14-5-2-6-15-31)28-40(48-46)37-27-26-34(44-43(37)38-17-7-9-20-41(38)49-44)36-19-11-18-35-33-16-8-10-21-42(33)50-45(35)36;1-2-11-28(12-3-1)38-26-39(30-14-8-13-29(25-30)31-15-10-24-46-27-31)48-45(47-38)37-23-22-33(43-42(37)36-17-4-6-20-40(36)49-43)35-19-9-18-34-32-16-5-7-21-41(32)50-44(34)35/h2*1-28H;1-27H. The third-order valence-electron chi connectivity index (χ3n) is 28.5. The second-order valence-corrected chi connectivity index (χ2v) is 40.6. The Labute approximate surface area is 873 Å². The molecule has 0 amide bonds. The fraction of sp³-hybridized carbons (Fsp3) is 0. The summed E-state index contributed by atoms with van der Waals surface area (Å²) in [7, 11) is 0. The van der Waals surface area contributed by atoms with Crippen LogP contribution in [0.15, 0.2) is 517 Å². The molecule has 0 aliphatic carbocycles. The maximum Gasteiger partial charge on any atom is 0.161 e. The number of thiophene rings is 3. The lowest BCUT2D eigenvalue weighted by Crippen LogP contribution is -1.97. The Morgan fingerprint density at radius 1 is 0.160 bits per heavy atom. The van der Waals surface area contributed by atoms with E-state index in [0.29, 0.717) is 17.5 Å². The number of pyridine rings is 1. The van der Waals surface area contributed by atoms with Crippen molar-refractivity contribution >= 4 is 160 Å². The summed E-state index contributed by atoms with van der Waals surface area (Å²) in [6, 6.07) is 172. The van der Waals surface area contributed by atoms with Crippen molar-refractivity contribution in [2.75, 3.05) is 0 Å². The van der Waals surface area contributed by atoms with E-state index < -0.39 is 0 Å². The number of nitrogens with zero attached hydrogens (tertiary/aromatic N) is 7. The number of rotatable bonds is 15. The summed E-state index contributed by atoms with van der Waals surface area (Å²) in [4.78, 5) is 35.6. The first-order chi connectivity index (χ1) is 74.3. The molecule has 30 aromatic rings. The van der Waals surface area contributed by atoms with Crippen LogP contribution in [0.25, 0.3) is 295 Å². The van der Waals surface area contributed by atoms with Gasteiger partial charge in [-0.15, -0.1) is 34.0 Å². The van der Waals surface area contributed by atoms with Gasteiger partial charge < -0.3 is 13.3 Å². The largest absolute Gasteiger partial charge is 0.455 e. The van der Waals surface area contributed by atoms with Crippen LogP contribution in [0.5, 0.6) is 0 Å². The van der Waals surface area contributed by atoms with Crippen molar-refractivity contribution in [1.29, 1.82) is 0 Å². The molecule has 702 valence electrons. The molecule has 0 fully saturated rings. The average molecular weight is 1970 g/mol. The van der Waals surface area contributed by atoms with Gasteiger partial charge in [0.25, 0.3) is 0 Å². The first-order valence-electron chi connectivity index (χ1n) is 50.1. The van der Waals surface area contributed by atoms with Gasteiger partial charge in [-0.25, -0.2) is 29.9 Å². The number of hydrogen-bond acceptors (Lipinski definition) is 13. The van der Waals surface area contributed by atoms with Crippen LogP contribution in [-0.2, 0) is 0 Å². The van der Waals surface area contributed by atoms with E-state index in [2.05, 4.69) is 411 Å². The normalized spacial score (nSPS) is 11.6. The lowest BCUT2D eigenvalue weighted by atomic mass is 9.95. The van der Waals surface area contributed by atoms with E-state index in [9.17, 15) is 0 Å². The van der Waals surface area contributed by atoms with Crippen molar-refractivity contribution < 1.29 is 13.3 Å². The molecule has 0 bridgehead atoms. The van der Waals surface area contributed by atoms with Crippen LogP contribution >= 0.6 is 34.0 Å². The lowest BCUT2D eigenvalue weighted by Gasteiger charge is -2.12. The predicted octanol–water partition coefficient (Wildman–Crippen LogP) is 38.6. The molecule has 13 heteroatoms. The highest BCUT2D eigenvalue weighted by molar-refractivity contribution is 7.27. The van der Waals surface area contributed by atoms with Crippen LogP contribution in [0, 0.1) is 0 Å². The summed E-state index contributed by atoms with van der Waals surface area (Å²) < 4.78 is 27.9. The highest BCUT2D eigenvalue weighted by Gasteiger charge is 2.28. The van der Waals surface area contributed by atoms with E-state index in [1.54, 1.807) is 6.20 Å². The fourth-order valence-corrected chi connectivity index (χ4v) is 25.0. The molecular weight excluding hydrogens is 1890 g/mol. The fourth-order valence-electron chi connectivity index (χ4n) is 21.3. The topological polar surface area (TPSA) is 130 Å². The molecule has 0 aliphatic heterocycles. The molecule has 10 heterocycles. The Morgan fingerprint density at radius 3 is 0.847 bits per heavy atom. The van der Waals surface area contributed by atoms with Crippen LogP contribution in [0.4, 0.5) is 0 Å².